The van der Waals surface area contributed by atoms with Gasteiger partial charge in [0.15, 0.2) is 0 Å². The number of nitrogens with two attached hydrogens (primary N) is 1. The van der Waals surface area contributed by atoms with Crippen LogP contribution in [0.2, 0.25) is 0 Å². The second-order valence-electron chi connectivity index (χ2n) is 4.71. The van der Waals surface area contributed by atoms with Crippen molar-refractivity contribution in [3.63, 3.8) is 0 Å². The minimum Gasteiger partial charge on any atom is -0.385 e. The maximum absolute atomic E-state index is 11.7. The van der Waals surface area contributed by atoms with E-state index in [-0.39, 0.29) is 11.9 Å². The van der Waals surface area contributed by atoms with E-state index in [2.05, 4.69) is 12.2 Å². The molecule has 0 bridgehead atoms. The van der Waals surface area contributed by atoms with Gasteiger partial charge in [0.2, 0.25) is 5.91 Å². The Hall–Kier alpha value is -1.33. The lowest BCUT2D eigenvalue weighted by molar-refractivity contribution is -0.121. The summed E-state index contributed by atoms with van der Waals surface area (Å²) in [6.45, 7) is 3.77. The molecule has 108 valence electrons. The van der Waals surface area contributed by atoms with Crippen molar-refractivity contribution in [2.45, 2.75) is 38.8 Å². The molecule has 1 aromatic rings. The van der Waals surface area contributed by atoms with Gasteiger partial charge in [-0.05, 0) is 24.5 Å². The van der Waals surface area contributed by atoms with Gasteiger partial charge in [-0.2, -0.15) is 0 Å². The van der Waals surface area contributed by atoms with Crippen molar-refractivity contribution in [2.24, 2.45) is 5.73 Å². The van der Waals surface area contributed by atoms with Crippen molar-refractivity contribution in [3.8, 4) is 0 Å². The Labute approximate surface area is 115 Å². The zero-order valence-corrected chi connectivity index (χ0v) is 11.9. The van der Waals surface area contributed by atoms with Gasteiger partial charge in [0.25, 0.3) is 0 Å². The molecule has 0 aliphatic heterocycles. The van der Waals surface area contributed by atoms with Crippen LogP contribution in [-0.4, -0.2) is 30.7 Å². The van der Waals surface area contributed by atoms with Gasteiger partial charge in [-0.1, -0.05) is 13.3 Å². The molecule has 0 aromatic carbocycles. The van der Waals surface area contributed by atoms with Crippen LogP contribution in [0.1, 0.15) is 37.8 Å². The Balaban J connectivity index is 2.34. The monoisotopic (exact) mass is 267 g/mol. The normalized spacial score (nSPS) is 12.4. The molecule has 0 saturated carbocycles. The topological polar surface area (TPSA) is 69.3 Å². The Bertz CT molecular complexity index is 377. The lowest BCUT2D eigenvalue weighted by Crippen LogP contribution is -2.28. The maximum atomic E-state index is 11.7. The first-order valence-electron chi connectivity index (χ1n) is 6.84. The molecular weight excluding hydrogens is 242 g/mol. The molecule has 1 amide bonds. The summed E-state index contributed by atoms with van der Waals surface area (Å²) in [7, 11) is 1.66. The van der Waals surface area contributed by atoms with E-state index < -0.39 is 0 Å². The predicted molar refractivity (Wildman–Crippen MR) is 75.8 cm³/mol. The zero-order chi connectivity index (χ0) is 14.1. The number of carbonyl (C=O) groups is 1. The van der Waals surface area contributed by atoms with Crippen molar-refractivity contribution in [1.29, 1.82) is 0 Å². The van der Waals surface area contributed by atoms with Crippen LogP contribution in [0.3, 0.4) is 0 Å². The molecule has 1 rings (SSSR count). The number of rotatable bonds is 9. The van der Waals surface area contributed by atoms with Gasteiger partial charge in [-0.3, -0.25) is 4.79 Å². The third-order valence-corrected chi connectivity index (χ3v) is 2.97. The molecular formula is C14H25N3O2. The van der Waals surface area contributed by atoms with Gasteiger partial charge in [0, 0.05) is 38.7 Å². The number of carbonyl (C=O) groups excluding carboxylic acids is 1. The van der Waals surface area contributed by atoms with Gasteiger partial charge in [0.05, 0.1) is 0 Å². The van der Waals surface area contributed by atoms with Crippen molar-refractivity contribution in [3.05, 3.63) is 24.0 Å². The van der Waals surface area contributed by atoms with Gasteiger partial charge in [0.1, 0.15) is 6.54 Å². The number of methoxy groups -OCH3 is 1. The summed E-state index contributed by atoms with van der Waals surface area (Å²) in [5, 5.41) is 2.86. The molecule has 0 spiro atoms. The maximum Gasteiger partial charge on any atom is 0.239 e. The van der Waals surface area contributed by atoms with E-state index in [0.717, 1.165) is 24.8 Å². The number of nitrogens with one attached hydrogen (secondary N) is 1. The number of aromatic nitrogens is 1. The summed E-state index contributed by atoms with van der Waals surface area (Å²) in [5.74, 6) is 0.0160. The first-order chi connectivity index (χ1) is 9.17. The average molecular weight is 267 g/mol. The number of amides is 1. The largest absolute Gasteiger partial charge is 0.385 e. The molecule has 0 aliphatic rings. The summed E-state index contributed by atoms with van der Waals surface area (Å²) in [4.78, 5) is 11.7. The van der Waals surface area contributed by atoms with E-state index >= 15 is 0 Å². The Morgan fingerprint density at radius 3 is 3.05 bits per heavy atom. The molecule has 1 unspecified atom stereocenters. The lowest BCUT2D eigenvalue weighted by Gasteiger charge is -2.08. The van der Waals surface area contributed by atoms with E-state index in [0.29, 0.717) is 19.7 Å². The molecule has 0 fully saturated rings. The highest BCUT2D eigenvalue weighted by Crippen LogP contribution is 2.15. The van der Waals surface area contributed by atoms with Crippen LogP contribution in [0, 0.1) is 0 Å². The quantitative estimate of drug-likeness (QED) is 0.665. The minimum absolute atomic E-state index is 0.0160. The third kappa shape index (κ3) is 5.89. The zero-order valence-electron chi connectivity index (χ0n) is 11.9. The van der Waals surface area contributed by atoms with Gasteiger partial charge in [-0.15, -0.1) is 0 Å². The fourth-order valence-electron chi connectivity index (χ4n) is 1.92. The van der Waals surface area contributed by atoms with Crippen LogP contribution >= 0.6 is 0 Å². The highest BCUT2D eigenvalue weighted by atomic mass is 16.5. The van der Waals surface area contributed by atoms with Crippen molar-refractivity contribution >= 4 is 5.91 Å². The van der Waals surface area contributed by atoms with E-state index in [9.17, 15) is 4.79 Å². The van der Waals surface area contributed by atoms with Crippen molar-refractivity contribution < 1.29 is 9.53 Å². The molecule has 1 atom stereocenters. The Morgan fingerprint density at radius 1 is 1.58 bits per heavy atom. The summed E-state index contributed by atoms with van der Waals surface area (Å²) in [5.41, 5.74) is 7.13. The highest BCUT2D eigenvalue weighted by molar-refractivity contribution is 5.75. The number of nitrogens with zero attached hydrogens (tertiary/aromatic N) is 1. The third-order valence-electron chi connectivity index (χ3n) is 2.97. The summed E-state index contributed by atoms with van der Waals surface area (Å²) >= 11 is 0. The summed E-state index contributed by atoms with van der Waals surface area (Å²) in [6.07, 6.45) is 6.72. The van der Waals surface area contributed by atoms with E-state index in [4.69, 9.17) is 10.5 Å². The van der Waals surface area contributed by atoms with Gasteiger partial charge in [-0.25, -0.2) is 0 Å². The second kappa shape index (κ2) is 8.72. The molecule has 19 heavy (non-hydrogen) atoms. The minimum atomic E-state index is 0.0160. The van der Waals surface area contributed by atoms with Gasteiger partial charge >= 0.3 is 0 Å². The number of hydrogen-bond acceptors (Lipinski definition) is 3. The summed E-state index contributed by atoms with van der Waals surface area (Å²) in [6, 6.07) is 2.05. The number of hydrogen-bond donors (Lipinski definition) is 2. The molecule has 5 heteroatoms. The van der Waals surface area contributed by atoms with E-state index in [1.807, 2.05) is 23.0 Å². The van der Waals surface area contributed by atoms with Crippen LogP contribution in [0.25, 0.3) is 0 Å². The lowest BCUT2D eigenvalue weighted by atomic mass is 10.1. The second-order valence-corrected chi connectivity index (χ2v) is 4.71. The fraction of sp³-hybridized carbons (Fsp3) is 0.643. The predicted octanol–water partition coefficient (Wildman–Crippen LogP) is 1.44. The van der Waals surface area contributed by atoms with E-state index in [1.54, 1.807) is 7.11 Å². The number of ether oxygens (including phenoxy) is 1. The molecule has 5 nitrogen and oxygen atoms in total. The SMILES string of the molecule is CCCC(N)c1ccn(CC(=O)NCCCOC)c1. The van der Waals surface area contributed by atoms with Crippen LogP contribution in [-0.2, 0) is 16.1 Å². The van der Waals surface area contributed by atoms with Gasteiger partial charge < -0.3 is 20.4 Å². The molecule has 1 heterocycles. The van der Waals surface area contributed by atoms with Crippen LogP contribution in [0.5, 0.6) is 0 Å². The summed E-state index contributed by atoms with van der Waals surface area (Å²) < 4.78 is 6.80. The van der Waals surface area contributed by atoms with Crippen LogP contribution < -0.4 is 11.1 Å². The van der Waals surface area contributed by atoms with Crippen LogP contribution in [0.15, 0.2) is 18.5 Å². The van der Waals surface area contributed by atoms with E-state index in [1.165, 1.54) is 0 Å². The smallest absolute Gasteiger partial charge is 0.239 e. The van der Waals surface area contributed by atoms with Crippen molar-refractivity contribution in [2.75, 3.05) is 20.3 Å². The molecule has 0 saturated heterocycles. The highest BCUT2D eigenvalue weighted by Gasteiger charge is 2.08. The fourth-order valence-corrected chi connectivity index (χ4v) is 1.92. The average Bonchev–Trinajstić information content (AvgIpc) is 2.83. The molecule has 3 N–H and O–H groups in total. The van der Waals surface area contributed by atoms with Crippen LogP contribution in [0.4, 0.5) is 0 Å². The standard InChI is InChI=1S/C14H25N3O2/c1-3-5-13(15)12-6-8-17(10-12)11-14(18)16-7-4-9-19-2/h6,8,10,13H,3-5,7,9,11,15H2,1-2H3,(H,16,18). The molecule has 0 aliphatic carbocycles. The first kappa shape index (κ1) is 15.7. The molecule has 1 aromatic heterocycles. The Morgan fingerprint density at radius 2 is 2.37 bits per heavy atom. The molecule has 0 radical (unpaired) electrons. The van der Waals surface area contributed by atoms with Crippen molar-refractivity contribution in [1.82, 2.24) is 9.88 Å². The first-order valence-corrected chi connectivity index (χ1v) is 6.84. The Kier molecular flexibility index (Phi) is 7.22.